The number of carbonyl (C=O) groups is 1. The summed E-state index contributed by atoms with van der Waals surface area (Å²) in [7, 11) is 0. The summed E-state index contributed by atoms with van der Waals surface area (Å²) >= 11 is 0. The molecule has 5 aromatic rings. The minimum absolute atomic E-state index is 0.0130. The number of aliphatic hydroxyl groups excluding tert-OH is 1. The Morgan fingerprint density at radius 1 is 1.05 bits per heavy atom. The summed E-state index contributed by atoms with van der Waals surface area (Å²) in [4.78, 5) is 28.3. The molecule has 10 nitrogen and oxygen atoms in total. The fourth-order valence-corrected chi connectivity index (χ4v) is 5.30. The molecule has 1 amide bonds. The van der Waals surface area contributed by atoms with E-state index < -0.39 is 11.6 Å². The van der Waals surface area contributed by atoms with Gasteiger partial charge in [0.1, 0.15) is 11.5 Å². The topological polar surface area (TPSA) is 129 Å². The standard InChI is InChI=1S/C33H31N7O3/c1-4-16-40-32(42)23-14-13-22(17-25(23)33(40,2)3)36-29-18-27(37-28(20-41)21-10-6-5-7-11-21)24(19-35-29)31-38-30(39-43-31)26-12-8-9-15-34-26/h4-15,17-19,28,41H,1,16,20H2,2-3H3,(H2,35,36,37)/t28-/m1/s1. The number of hydrogen-bond acceptors (Lipinski definition) is 9. The van der Waals surface area contributed by atoms with E-state index in [4.69, 9.17) is 4.52 Å². The van der Waals surface area contributed by atoms with Crippen LogP contribution in [0.5, 0.6) is 0 Å². The molecule has 3 N–H and O–H groups in total. The van der Waals surface area contributed by atoms with Crippen molar-refractivity contribution in [3.8, 4) is 23.0 Å². The molecule has 216 valence electrons. The van der Waals surface area contributed by atoms with Gasteiger partial charge in [-0.3, -0.25) is 9.78 Å². The van der Waals surface area contributed by atoms with Gasteiger partial charge < -0.3 is 25.2 Å². The number of hydrogen-bond donors (Lipinski definition) is 3. The monoisotopic (exact) mass is 573 g/mol. The van der Waals surface area contributed by atoms with Gasteiger partial charge in [0.25, 0.3) is 11.8 Å². The van der Waals surface area contributed by atoms with E-state index in [0.717, 1.165) is 16.8 Å². The molecule has 0 unspecified atom stereocenters. The average Bonchev–Trinajstić information content (AvgIpc) is 3.59. The van der Waals surface area contributed by atoms with E-state index in [-0.39, 0.29) is 18.4 Å². The smallest absolute Gasteiger partial charge is 0.261 e. The van der Waals surface area contributed by atoms with Crippen molar-refractivity contribution in [2.45, 2.75) is 25.4 Å². The summed E-state index contributed by atoms with van der Waals surface area (Å²) in [6, 6.07) is 22.3. The van der Waals surface area contributed by atoms with Gasteiger partial charge >= 0.3 is 0 Å². The van der Waals surface area contributed by atoms with Gasteiger partial charge in [-0.25, -0.2) is 4.98 Å². The lowest BCUT2D eigenvalue weighted by atomic mass is 9.93. The zero-order valence-electron chi connectivity index (χ0n) is 23.9. The van der Waals surface area contributed by atoms with E-state index in [1.807, 2.05) is 85.5 Å². The number of rotatable bonds is 10. The van der Waals surface area contributed by atoms with Crippen molar-refractivity contribution < 1.29 is 14.4 Å². The molecule has 6 rings (SSSR count). The van der Waals surface area contributed by atoms with Gasteiger partial charge in [0.05, 0.1) is 29.4 Å². The number of anilines is 3. The van der Waals surface area contributed by atoms with Crippen molar-refractivity contribution in [1.82, 2.24) is 25.0 Å². The van der Waals surface area contributed by atoms with Gasteiger partial charge in [-0.2, -0.15) is 4.98 Å². The second kappa shape index (κ2) is 11.5. The third kappa shape index (κ3) is 5.35. The molecule has 1 aliphatic rings. The Hall–Kier alpha value is -5.35. The lowest BCUT2D eigenvalue weighted by molar-refractivity contribution is 0.0652. The number of nitrogens with zero attached hydrogens (tertiary/aromatic N) is 5. The summed E-state index contributed by atoms with van der Waals surface area (Å²) in [5, 5.41) is 21.2. The molecular formula is C33H31N7O3. The maximum Gasteiger partial charge on any atom is 0.261 e. The third-order valence-corrected chi connectivity index (χ3v) is 7.58. The molecule has 1 aliphatic heterocycles. The molecule has 10 heteroatoms. The average molecular weight is 574 g/mol. The number of benzene rings is 2. The van der Waals surface area contributed by atoms with Gasteiger partial charge in [-0.05, 0) is 55.3 Å². The Balaban J connectivity index is 1.35. The minimum atomic E-state index is -0.490. The molecule has 0 radical (unpaired) electrons. The van der Waals surface area contributed by atoms with E-state index in [9.17, 15) is 9.90 Å². The van der Waals surface area contributed by atoms with E-state index in [2.05, 4.69) is 37.3 Å². The Bertz CT molecular complexity index is 1770. The molecule has 4 heterocycles. The molecule has 1 atom stereocenters. The van der Waals surface area contributed by atoms with Crippen molar-refractivity contribution in [3.05, 3.63) is 115 Å². The van der Waals surface area contributed by atoms with Crippen molar-refractivity contribution in [3.63, 3.8) is 0 Å². The molecule has 3 aromatic heterocycles. The summed E-state index contributed by atoms with van der Waals surface area (Å²) < 4.78 is 5.63. The van der Waals surface area contributed by atoms with Crippen LogP contribution < -0.4 is 10.6 Å². The number of pyridine rings is 2. The summed E-state index contributed by atoms with van der Waals surface area (Å²) in [6.45, 7) is 8.18. The lowest BCUT2D eigenvalue weighted by Crippen LogP contribution is -2.39. The van der Waals surface area contributed by atoms with Crippen LogP contribution >= 0.6 is 0 Å². The Labute approximate surface area is 249 Å². The number of nitrogens with one attached hydrogen (secondary N) is 2. The number of aliphatic hydroxyl groups is 1. The maximum atomic E-state index is 13.0. The summed E-state index contributed by atoms with van der Waals surface area (Å²) in [6.07, 6.45) is 5.05. The number of fused-ring (bicyclic) bond motifs is 1. The highest BCUT2D eigenvalue weighted by Crippen LogP contribution is 2.40. The van der Waals surface area contributed by atoms with Crippen molar-refractivity contribution in [2.75, 3.05) is 23.8 Å². The zero-order valence-corrected chi connectivity index (χ0v) is 23.9. The summed E-state index contributed by atoms with van der Waals surface area (Å²) in [5.41, 5.74) is 4.59. The van der Waals surface area contributed by atoms with E-state index in [0.29, 0.717) is 40.7 Å². The van der Waals surface area contributed by atoms with Crippen molar-refractivity contribution in [2.24, 2.45) is 0 Å². The van der Waals surface area contributed by atoms with Crippen molar-refractivity contribution in [1.29, 1.82) is 0 Å². The van der Waals surface area contributed by atoms with Crippen LogP contribution in [-0.4, -0.2) is 49.2 Å². The van der Waals surface area contributed by atoms with Crippen molar-refractivity contribution >= 4 is 23.1 Å². The largest absolute Gasteiger partial charge is 0.394 e. The Kier molecular flexibility index (Phi) is 7.43. The van der Waals surface area contributed by atoms with E-state index in [1.54, 1.807) is 24.5 Å². The first-order chi connectivity index (χ1) is 20.9. The Morgan fingerprint density at radius 3 is 2.60 bits per heavy atom. The highest BCUT2D eigenvalue weighted by atomic mass is 16.5. The number of amides is 1. The molecule has 0 bridgehead atoms. The molecule has 0 saturated heterocycles. The predicted molar refractivity (Wildman–Crippen MR) is 165 cm³/mol. The second-order valence-electron chi connectivity index (χ2n) is 10.7. The fourth-order valence-electron chi connectivity index (χ4n) is 5.30. The summed E-state index contributed by atoms with van der Waals surface area (Å²) in [5.74, 6) is 1.14. The van der Waals surface area contributed by atoms with Gasteiger partial charge in [-0.15, -0.1) is 6.58 Å². The molecule has 0 saturated carbocycles. The van der Waals surface area contributed by atoms with Crippen LogP contribution in [0.4, 0.5) is 17.2 Å². The maximum absolute atomic E-state index is 13.0. The highest BCUT2D eigenvalue weighted by molar-refractivity contribution is 6.00. The zero-order chi connectivity index (χ0) is 30.0. The van der Waals surface area contributed by atoms with Crippen LogP contribution in [0.25, 0.3) is 23.0 Å². The first kappa shape index (κ1) is 27.8. The molecule has 0 fully saturated rings. The minimum Gasteiger partial charge on any atom is -0.394 e. The van der Waals surface area contributed by atoms with Gasteiger partial charge in [-0.1, -0.05) is 47.6 Å². The number of carbonyl (C=O) groups excluding carboxylic acids is 1. The van der Waals surface area contributed by atoms with Gasteiger partial charge in [0.2, 0.25) is 5.82 Å². The molecule has 43 heavy (non-hydrogen) atoms. The molecule has 2 aromatic carbocycles. The highest BCUT2D eigenvalue weighted by Gasteiger charge is 2.42. The fraction of sp³-hybridized carbons (Fsp3) is 0.182. The second-order valence-corrected chi connectivity index (χ2v) is 10.7. The first-order valence-electron chi connectivity index (χ1n) is 13.9. The number of aromatic nitrogens is 4. The van der Waals surface area contributed by atoms with Gasteiger partial charge in [0, 0.05) is 36.3 Å². The first-order valence-corrected chi connectivity index (χ1v) is 13.9. The Morgan fingerprint density at radius 2 is 1.86 bits per heavy atom. The van der Waals surface area contributed by atoms with Gasteiger partial charge in [0.15, 0.2) is 0 Å². The normalized spacial score (nSPS) is 14.3. The quantitative estimate of drug-likeness (QED) is 0.173. The van der Waals surface area contributed by atoms with Crippen LogP contribution in [0.1, 0.15) is 41.4 Å². The van der Waals surface area contributed by atoms with Crippen LogP contribution in [0.2, 0.25) is 0 Å². The van der Waals surface area contributed by atoms with E-state index >= 15 is 0 Å². The SMILES string of the molecule is C=CCN1C(=O)c2ccc(Nc3cc(N[C@H](CO)c4ccccc4)c(-c4nc(-c5ccccn5)no4)cn3)cc2C1(C)C. The van der Waals surface area contributed by atoms with Crippen LogP contribution in [-0.2, 0) is 5.54 Å². The van der Waals surface area contributed by atoms with E-state index in [1.165, 1.54) is 0 Å². The lowest BCUT2D eigenvalue weighted by Gasteiger charge is -2.31. The van der Waals surface area contributed by atoms with Crippen LogP contribution in [0.15, 0.2) is 102 Å². The molecule has 0 spiro atoms. The van der Waals surface area contributed by atoms with Crippen LogP contribution in [0, 0.1) is 0 Å². The predicted octanol–water partition coefficient (Wildman–Crippen LogP) is 5.96. The van der Waals surface area contributed by atoms with Crippen LogP contribution in [0.3, 0.4) is 0 Å². The molecular weight excluding hydrogens is 542 g/mol. The molecule has 0 aliphatic carbocycles. The third-order valence-electron chi connectivity index (χ3n) is 7.58.